The van der Waals surface area contributed by atoms with Crippen LogP contribution in [0.2, 0.25) is 0 Å². The van der Waals surface area contributed by atoms with E-state index in [0.717, 1.165) is 25.9 Å². The molecule has 0 saturated carbocycles. The van der Waals surface area contributed by atoms with E-state index in [1.807, 2.05) is 0 Å². The van der Waals surface area contributed by atoms with Gasteiger partial charge in [0.2, 0.25) is 0 Å². The summed E-state index contributed by atoms with van der Waals surface area (Å²) < 4.78 is 9.88. The minimum atomic E-state index is -0.831. The Bertz CT molecular complexity index is 213. The maximum Gasteiger partial charge on any atom is 0.332 e. The average Bonchev–Trinajstić information content (AvgIpc) is 2.93. The van der Waals surface area contributed by atoms with Gasteiger partial charge in [-0.3, -0.25) is 4.79 Å². The second-order valence-corrected chi connectivity index (χ2v) is 3.95. The van der Waals surface area contributed by atoms with Crippen molar-refractivity contribution in [1.29, 1.82) is 0 Å². The van der Waals surface area contributed by atoms with Crippen molar-refractivity contribution in [2.75, 3.05) is 13.2 Å². The molecule has 0 aliphatic carbocycles. The normalized spacial score (nSPS) is 28.3. The number of carboxylic acids is 1. The van der Waals surface area contributed by atoms with Crippen LogP contribution in [-0.4, -0.2) is 42.3 Å². The fourth-order valence-corrected chi connectivity index (χ4v) is 1.67. The van der Waals surface area contributed by atoms with Crippen molar-refractivity contribution in [2.45, 2.75) is 44.8 Å². The molecule has 2 fully saturated rings. The molecule has 2 unspecified atom stereocenters. The zero-order chi connectivity index (χ0) is 12.0. The van der Waals surface area contributed by atoms with Crippen LogP contribution >= 0.6 is 0 Å². The van der Waals surface area contributed by atoms with Gasteiger partial charge in [0.15, 0.2) is 11.9 Å². The lowest BCUT2D eigenvalue weighted by Crippen LogP contribution is -2.17. The van der Waals surface area contributed by atoms with Crippen molar-refractivity contribution in [3.05, 3.63) is 0 Å². The highest BCUT2D eigenvalue weighted by atomic mass is 16.5. The monoisotopic (exact) mass is 230 g/mol. The summed E-state index contributed by atoms with van der Waals surface area (Å²) in [6, 6.07) is 0. The fraction of sp³-hybridized carbons (Fsp3) is 0.818. The number of carbonyl (C=O) groups is 2. The number of ether oxygens (including phenoxy) is 2. The number of hydrogen-bond acceptors (Lipinski definition) is 4. The smallest absolute Gasteiger partial charge is 0.332 e. The van der Waals surface area contributed by atoms with Gasteiger partial charge in [-0.15, -0.1) is 0 Å². The van der Waals surface area contributed by atoms with E-state index in [-0.39, 0.29) is 11.9 Å². The standard InChI is InChI=1S/C6H10O2.C5H8O3/c1-5(7)6-3-2-4-8-6;6-5(7)4-2-1-3-8-4/h6H,2-4H2,1H3;4H,1-3H2,(H,6,7). The van der Waals surface area contributed by atoms with Gasteiger partial charge >= 0.3 is 5.97 Å². The molecule has 0 radical (unpaired) electrons. The molecule has 0 bridgehead atoms. The van der Waals surface area contributed by atoms with Gasteiger partial charge in [0, 0.05) is 13.2 Å². The average molecular weight is 230 g/mol. The van der Waals surface area contributed by atoms with Crippen LogP contribution in [0.3, 0.4) is 0 Å². The zero-order valence-electron chi connectivity index (χ0n) is 9.48. The predicted molar refractivity (Wildman–Crippen MR) is 56.3 cm³/mol. The molecule has 5 nitrogen and oxygen atoms in total. The summed E-state index contributed by atoms with van der Waals surface area (Å²) in [7, 11) is 0. The maximum atomic E-state index is 10.5. The molecule has 2 rings (SSSR count). The summed E-state index contributed by atoms with van der Waals surface area (Å²) in [6.45, 7) is 2.96. The molecule has 2 heterocycles. The molecule has 1 N–H and O–H groups in total. The third-order valence-corrected chi connectivity index (χ3v) is 2.59. The molecule has 2 aliphatic rings. The van der Waals surface area contributed by atoms with E-state index in [0.29, 0.717) is 13.0 Å². The molecule has 0 aromatic carbocycles. The van der Waals surface area contributed by atoms with E-state index in [4.69, 9.17) is 14.6 Å². The number of hydrogen-bond donors (Lipinski definition) is 1. The number of ketones is 1. The maximum absolute atomic E-state index is 10.5. The first-order valence-electron chi connectivity index (χ1n) is 5.57. The molecular weight excluding hydrogens is 212 g/mol. The van der Waals surface area contributed by atoms with Crippen molar-refractivity contribution in [3.8, 4) is 0 Å². The van der Waals surface area contributed by atoms with Crippen LogP contribution in [0, 0.1) is 0 Å². The van der Waals surface area contributed by atoms with Crippen molar-refractivity contribution in [1.82, 2.24) is 0 Å². The Labute approximate surface area is 94.7 Å². The zero-order valence-corrected chi connectivity index (χ0v) is 9.48. The third kappa shape index (κ3) is 4.28. The topological polar surface area (TPSA) is 72.8 Å². The van der Waals surface area contributed by atoms with Crippen LogP contribution in [0.25, 0.3) is 0 Å². The van der Waals surface area contributed by atoms with E-state index < -0.39 is 12.1 Å². The lowest BCUT2D eigenvalue weighted by molar-refractivity contribution is -0.147. The summed E-state index contributed by atoms with van der Waals surface area (Å²) in [5.41, 5.74) is 0. The highest BCUT2D eigenvalue weighted by molar-refractivity contribution is 5.80. The molecule has 0 amide bonds. The van der Waals surface area contributed by atoms with Crippen molar-refractivity contribution >= 4 is 11.8 Å². The molecule has 2 aliphatic heterocycles. The minimum Gasteiger partial charge on any atom is -0.479 e. The minimum absolute atomic E-state index is 0.0741. The van der Waals surface area contributed by atoms with Crippen molar-refractivity contribution in [3.63, 3.8) is 0 Å². The number of Topliss-reactive ketones (excluding diaryl/α,β-unsaturated/α-hetero) is 1. The summed E-state index contributed by atoms with van der Waals surface area (Å²) in [5, 5.41) is 8.29. The first kappa shape index (κ1) is 13.1. The highest BCUT2D eigenvalue weighted by Gasteiger charge is 2.22. The fourth-order valence-electron chi connectivity index (χ4n) is 1.67. The number of rotatable bonds is 2. The van der Waals surface area contributed by atoms with Crippen LogP contribution in [-0.2, 0) is 19.1 Å². The number of carboxylic acid groups (broad SMARTS) is 1. The largest absolute Gasteiger partial charge is 0.479 e. The number of aliphatic carboxylic acids is 1. The molecule has 16 heavy (non-hydrogen) atoms. The van der Waals surface area contributed by atoms with Gasteiger partial charge in [0.25, 0.3) is 0 Å². The van der Waals surface area contributed by atoms with Crippen LogP contribution in [0.1, 0.15) is 32.6 Å². The second-order valence-electron chi connectivity index (χ2n) is 3.95. The van der Waals surface area contributed by atoms with E-state index >= 15 is 0 Å². The molecule has 0 aromatic heterocycles. The third-order valence-electron chi connectivity index (χ3n) is 2.59. The molecule has 0 spiro atoms. The van der Waals surface area contributed by atoms with Gasteiger partial charge in [-0.2, -0.15) is 0 Å². The highest BCUT2D eigenvalue weighted by Crippen LogP contribution is 2.12. The summed E-state index contributed by atoms with van der Waals surface area (Å²) in [6.07, 6.45) is 2.94. The van der Waals surface area contributed by atoms with Crippen LogP contribution in [0.5, 0.6) is 0 Å². The molecule has 2 atom stereocenters. The van der Waals surface area contributed by atoms with Crippen LogP contribution < -0.4 is 0 Å². The number of carbonyl (C=O) groups excluding carboxylic acids is 1. The van der Waals surface area contributed by atoms with Crippen LogP contribution in [0.15, 0.2) is 0 Å². The van der Waals surface area contributed by atoms with Gasteiger partial charge in [0.05, 0.1) is 0 Å². The molecule has 5 heteroatoms. The van der Waals surface area contributed by atoms with Gasteiger partial charge in [0.1, 0.15) is 6.10 Å². The Hall–Kier alpha value is -0.940. The molecule has 0 aromatic rings. The van der Waals surface area contributed by atoms with Gasteiger partial charge < -0.3 is 14.6 Å². The van der Waals surface area contributed by atoms with E-state index in [1.165, 1.54) is 0 Å². The van der Waals surface area contributed by atoms with Crippen LogP contribution in [0.4, 0.5) is 0 Å². The summed E-state index contributed by atoms with van der Waals surface area (Å²) in [5.74, 6) is -0.662. The Morgan fingerprint density at radius 2 is 1.56 bits per heavy atom. The first-order chi connectivity index (χ1) is 7.61. The Morgan fingerprint density at radius 3 is 1.75 bits per heavy atom. The Kier molecular flexibility index (Phi) is 5.42. The molecule has 2 saturated heterocycles. The van der Waals surface area contributed by atoms with Gasteiger partial charge in [-0.25, -0.2) is 4.79 Å². The summed E-state index contributed by atoms with van der Waals surface area (Å²) in [4.78, 5) is 20.6. The molecule has 92 valence electrons. The summed E-state index contributed by atoms with van der Waals surface area (Å²) >= 11 is 0. The van der Waals surface area contributed by atoms with Gasteiger partial charge in [-0.1, -0.05) is 0 Å². The quantitative estimate of drug-likeness (QED) is 0.766. The Balaban J connectivity index is 0.000000160. The second kappa shape index (κ2) is 6.60. The lowest BCUT2D eigenvalue weighted by Gasteiger charge is -2.00. The van der Waals surface area contributed by atoms with Gasteiger partial charge in [-0.05, 0) is 32.6 Å². The predicted octanol–water partition coefficient (Wildman–Crippen LogP) is 1.00. The van der Waals surface area contributed by atoms with Crippen molar-refractivity contribution in [2.24, 2.45) is 0 Å². The Morgan fingerprint density at radius 1 is 1.06 bits per heavy atom. The van der Waals surface area contributed by atoms with E-state index in [9.17, 15) is 9.59 Å². The molecular formula is C11H18O5. The lowest BCUT2D eigenvalue weighted by atomic mass is 10.2. The van der Waals surface area contributed by atoms with E-state index in [1.54, 1.807) is 6.92 Å². The van der Waals surface area contributed by atoms with Crippen molar-refractivity contribution < 1.29 is 24.2 Å². The first-order valence-corrected chi connectivity index (χ1v) is 5.57. The van der Waals surface area contributed by atoms with E-state index in [2.05, 4.69) is 0 Å². The SMILES string of the molecule is CC(=O)C1CCCO1.O=C(O)C1CCCO1.